The van der Waals surface area contributed by atoms with E-state index in [1.54, 1.807) is 0 Å². The lowest BCUT2D eigenvalue weighted by Crippen LogP contribution is -2.25. The van der Waals surface area contributed by atoms with E-state index in [0.29, 0.717) is 17.5 Å². The van der Waals surface area contributed by atoms with Gasteiger partial charge in [0.15, 0.2) is 0 Å². The highest BCUT2D eigenvalue weighted by Gasteiger charge is 2.22. The van der Waals surface area contributed by atoms with Crippen molar-refractivity contribution in [1.82, 2.24) is 5.32 Å². The topological polar surface area (TPSA) is 38.0 Å². The molecule has 3 unspecified atom stereocenters. The Bertz CT molecular complexity index is 187. The number of unbranched alkanes of at least 4 members (excludes halogenated alkanes) is 5. The van der Waals surface area contributed by atoms with Gasteiger partial charge in [-0.3, -0.25) is 0 Å². The molecular weight excluding hydrogens is 232 g/mol. The molecular formula is C14H29ClN2. The van der Waals surface area contributed by atoms with Crippen LogP contribution in [0.3, 0.4) is 0 Å². The molecule has 0 amide bonds. The Hall–Kier alpha value is 0.210. The monoisotopic (exact) mass is 260 g/mol. The fourth-order valence-corrected chi connectivity index (χ4v) is 2.97. The van der Waals surface area contributed by atoms with Crippen molar-refractivity contribution >= 4 is 11.6 Å². The van der Waals surface area contributed by atoms with Crippen LogP contribution in [0, 0.1) is 0 Å². The number of rotatable bonds is 9. The lowest BCUT2D eigenvalue weighted by atomic mass is 10.0. The lowest BCUT2D eigenvalue weighted by molar-refractivity contribution is 0.503. The van der Waals surface area contributed by atoms with Gasteiger partial charge in [0.2, 0.25) is 0 Å². The summed E-state index contributed by atoms with van der Waals surface area (Å²) in [7, 11) is 0. The highest BCUT2D eigenvalue weighted by molar-refractivity contribution is 6.20. The van der Waals surface area contributed by atoms with Crippen LogP contribution >= 0.6 is 11.6 Å². The lowest BCUT2D eigenvalue weighted by Gasteiger charge is -2.15. The van der Waals surface area contributed by atoms with Gasteiger partial charge in [-0.25, -0.2) is 0 Å². The van der Waals surface area contributed by atoms with Gasteiger partial charge in [-0.2, -0.15) is 0 Å². The van der Waals surface area contributed by atoms with E-state index in [1.807, 2.05) is 0 Å². The molecule has 0 aromatic heterocycles. The van der Waals surface area contributed by atoms with Crippen molar-refractivity contribution in [3.8, 4) is 0 Å². The van der Waals surface area contributed by atoms with Crippen LogP contribution < -0.4 is 11.1 Å². The first-order valence-electron chi connectivity index (χ1n) is 7.35. The second-order valence-corrected chi connectivity index (χ2v) is 6.11. The van der Waals surface area contributed by atoms with Gasteiger partial charge in [-0.05, 0) is 19.3 Å². The van der Waals surface area contributed by atoms with Crippen LogP contribution in [0.5, 0.6) is 0 Å². The van der Waals surface area contributed by atoms with Gasteiger partial charge in [0, 0.05) is 24.0 Å². The molecule has 0 radical (unpaired) electrons. The minimum absolute atomic E-state index is 0.337. The number of halogens is 1. The molecule has 1 heterocycles. The zero-order valence-corrected chi connectivity index (χ0v) is 12.0. The Morgan fingerprint density at radius 2 is 1.94 bits per heavy atom. The summed E-state index contributed by atoms with van der Waals surface area (Å²) >= 11 is 6.37. The fourth-order valence-electron chi connectivity index (χ4n) is 2.60. The molecule has 3 N–H and O–H groups in total. The summed E-state index contributed by atoms with van der Waals surface area (Å²) in [6, 6.07) is 0.908. The zero-order chi connectivity index (χ0) is 12.5. The van der Waals surface area contributed by atoms with Crippen LogP contribution in [0.25, 0.3) is 0 Å². The Morgan fingerprint density at radius 1 is 1.24 bits per heavy atom. The largest absolute Gasteiger partial charge is 0.326 e. The molecule has 1 saturated heterocycles. The van der Waals surface area contributed by atoms with E-state index in [2.05, 4.69) is 12.2 Å². The molecule has 0 spiro atoms. The summed E-state index contributed by atoms with van der Waals surface area (Å²) in [5, 5.41) is 3.78. The summed E-state index contributed by atoms with van der Waals surface area (Å²) in [4.78, 5) is 0. The average molecular weight is 261 g/mol. The second kappa shape index (κ2) is 9.18. The molecule has 0 aromatic rings. The third-order valence-corrected chi connectivity index (χ3v) is 4.06. The van der Waals surface area contributed by atoms with Crippen LogP contribution in [0.4, 0.5) is 0 Å². The molecule has 3 atom stereocenters. The Morgan fingerprint density at radius 3 is 2.59 bits per heavy atom. The average Bonchev–Trinajstić information content (AvgIpc) is 2.69. The van der Waals surface area contributed by atoms with Crippen LogP contribution in [0.15, 0.2) is 0 Å². The van der Waals surface area contributed by atoms with Crippen LogP contribution in [0.2, 0.25) is 0 Å². The maximum Gasteiger partial charge on any atom is 0.0350 e. The van der Waals surface area contributed by atoms with E-state index in [9.17, 15) is 0 Å². The van der Waals surface area contributed by atoms with E-state index in [-0.39, 0.29) is 0 Å². The van der Waals surface area contributed by atoms with Gasteiger partial charge < -0.3 is 11.1 Å². The number of hydrogen-bond acceptors (Lipinski definition) is 2. The highest BCUT2D eigenvalue weighted by Crippen LogP contribution is 2.19. The first kappa shape index (κ1) is 15.3. The van der Waals surface area contributed by atoms with Gasteiger partial charge in [-0.1, -0.05) is 45.4 Å². The van der Waals surface area contributed by atoms with E-state index < -0.39 is 0 Å². The number of nitrogens with one attached hydrogen (secondary N) is 1. The van der Waals surface area contributed by atoms with E-state index >= 15 is 0 Å². The third kappa shape index (κ3) is 7.28. The van der Waals surface area contributed by atoms with Crippen molar-refractivity contribution in [2.45, 2.75) is 82.2 Å². The summed E-state index contributed by atoms with van der Waals surface area (Å²) in [5.41, 5.74) is 5.86. The van der Waals surface area contributed by atoms with Crippen LogP contribution in [-0.4, -0.2) is 24.0 Å². The van der Waals surface area contributed by atoms with Gasteiger partial charge >= 0.3 is 0 Å². The predicted molar refractivity (Wildman–Crippen MR) is 76.6 cm³/mol. The SMILES string of the molecule is CCCCCCCCC(Cl)CC1CC(N)CN1. The molecule has 1 fully saturated rings. The first-order valence-corrected chi connectivity index (χ1v) is 7.79. The van der Waals surface area contributed by atoms with Gasteiger partial charge in [-0.15, -0.1) is 11.6 Å². The third-order valence-electron chi connectivity index (χ3n) is 3.67. The number of alkyl halides is 1. The molecule has 0 aliphatic carbocycles. The van der Waals surface area contributed by atoms with Crippen molar-refractivity contribution in [2.24, 2.45) is 5.73 Å². The van der Waals surface area contributed by atoms with Crippen molar-refractivity contribution in [3.05, 3.63) is 0 Å². The number of nitrogens with two attached hydrogens (primary N) is 1. The molecule has 3 heteroatoms. The summed E-state index contributed by atoms with van der Waals surface area (Å²) in [5.74, 6) is 0. The van der Waals surface area contributed by atoms with Crippen molar-refractivity contribution < 1.29 is 0 Å². The normalized spacial score (nSPS) is 26.3. The number of hydrogen-bond donors (Lipinski definition) is 2. The Balaban J connectivity index is 1.92. The molecule has 17 heavy (non-hydrogen) atoms. The molecule has 102 valence electrons. The van der Waals surface area contributed by atoms with Crippen molar-refractivity contribution in [2.75, 3.05) is 6.54 Å². The second-order valence-electron chi connectivity index (χ2n) is 5.49. The standard InChI is InChI=1S/C14H29ClN2/c1-2-3-4-5-6-7-8-12(15)9-14-10-13(16)11-17-14/h12-14,17H,2-11,16H2,1H3. The molecule has 2 nitrogen and oxygen atoms in total. The van der Waals surface area contributed by atoms with Crippen LogP contribution in [-0.2, 0) is 0 Å². The summed E-state index contributed by atoms with van der Waals surface area (Å²) < 4.78 is 0. The van der Waals surface area contributed by atoms with Crippen LogP contribution in [0.1, 0.15) is 64.7 Å². The minimum Gasteiger partial charge on any atom is -0.326 e. The summed E-state index contributed by atoms with van der Waals surface area (Å²) in [6.45, 7) is 3.22. The van der Waals surface area contributed by atoms with Gasteiger partial charge in [0.1, 0.15) is 0 Å². The van der Waals surface area contributed by atoms with Crippen molar-refractivity contribution in [1.29, 1.82) is 0 Å². The minimum atomic E-state index is 0.337. The maximum absolute atomic E-state index is 6.37. The molecule has 0 bridgehead atoms. The summed E-state index contributed by atoms with van der Waals surface area (Å²) in [6.07, 6.45) is 11.5. The predicted octanol–water partition coefficient (Wildman–Crippen LogP) is 3.42. The Kier molecular flexibility index (Phi) is 8.25. The highest BCUT2D eigenvalue weighted by atomic mass is 35.5. The molecule has 1 aliphatic rings. The fraction of sp³-hybridized carbons (Fsp3) is 1.00. The molecule has 1 rings (SSSR count). The molecule has 0 aromatic carbocycles. The smallest absolute Gasteiger partial charge is 0.0350 e. The molecule has 1 aliphatic heterocycles. The first-order chi connectivity index (χ1) is 8.22. The molecule has 0 saturated carbocycles. The van der Waals surface area contributed by atoms with E-state index in [1.165, 1.54) is 44.9 Å². The zero-order valence-electron chi connectivity index (χ0n) is 11.3. The maximum atomic E-state index is 6.37. The Labute approximate surface area is 112 Å². The van der Waals surface area contributed by atoms with Crippen molar-refractivity contribution in [3.63, 3.8) is 0 Å². The van der Waals surface area contributed by atoms with E-state index in [4.69, 9.17) is 17.3 Å². The van der Waals surface area contributed by atoms with E-state index in [0.717, 1.165) is 19.4 Å². The van der Waals surface area contributed by atoms with Gasteiger partial charge in [0.25, 0.3) is 0 Å². The quantitative estimate of drug-likeness (QED) is 0.492. The van der Waals surface area contributed by atoms with Gasteiger partial charge in [0.05, 0.1) is 0 Å².